The van der Waals surface area contributed by atoms with E-state index in [0.717, 1.165) is 17.0 Å². The molecule has 0 spiro atoms. The maximum atomic E-state index is 12.8. The number of hydrogen-bond donors (Lipinski definition) is 1. The Bertz CT molecular complexity index is 1180. The van der Waals surface area contributed by atoms with Crippen LogP contribution in [0, 0.1) is 0 Å². The minimum atomic E-state index is -4.40. The number of anilines is 2. The van der Waals surface area contributed by atoms with E-state index in [1.54, 1.807) is 16.8 Å². The maximum absolute atomic E-state index is 12.8. The number of halogens is 3. The van der Waals surface area contributed by atoms with Crippen LogP contribution in [0.5, 0.6) is 0 Å². The fraction of sp³-hybridized carbons (Fsp3) is 0.300. The van der Waals surface area contributed by atoms with Crippen LogP contribution in [-0.2, 0) is 6.18 Å². The molecule has 0 saturated carbocycles. The third-order valence-electron chi connectivity index (χ3n) is 5.28. The molecule has 1 saturated heterocycles. The highest BCUT2D eigenvalue weighted by Gasteiger charge is 2.36. The number of carbonyl (C=O) groups is 1. The van der Waals surface area contributed by atoms with E-state index in [1.807, 2.05) is 6.92 Å². The number of alkyl halides is 3. The van der Waals surface area contributed by atoms with Gasteiger partial charge in [0.05, 0.1) is 47.2 Å². The first-order valence-electron chi connectivity index (χ1n) is 10.2. The van der Waals surface area contributed by atoms with Gasteiger partial charge in [0.1, 0.15) is 5.82 Å². The molecule has 3 aromatic rings. The molecule has 1 fully saturated rings. The quantitative estimate of drug-likeness (QED) is 0.571. The van der Waals surface area contributed by atoms with Gasteiger partial charge in [0.2, 0.25) is 5.95 Å². The van der Waals surface area contributed by atoms with Crippen molar-refractivity contribution < 1.29 is 18.0 Å². The van der Waals surface area contributed by atoms with Crippen LogP contribution in [-0.4, -0.2) is 72.3 Å². The maximum Gasteiger partial charge on any atom is 0.416 e. The lowest BCUT2D eigenvalue weighted by molar-refractivity contribution is -0.137. The largest absolute Gasteiger partial charge is 0.416 e. The Balaban J connectivity index is 1.46. The number of carbonyl (C=O) groups excluding carboxylic acids is 1. The molecule has 2 aromatic heterocycles. The smallest absolute Gasteiger partial charge is 0.346 e. The second-order valence-electron chi connectivity index (χ2n) is 7.83. The Morgan fingerprint density at radius 2 is 1.76 bits per heavy atom. The Morgan fingerprint density at radius 1 is 1.06 bits per heavy atom. The van der Waals surface area contributed by atoms with Gasteiger partial charge in [-0.25, -0.2) is 14.8 Å². The van der Waals surface area contributed by atoms with Gasteiger partial charge in [-0.05, 0) is 37.3 Å². The summed E-state index contributed by atoms with van der Waals surface area (Å²) in [7, 11) is 16.9. The molecule has 168 valence electrons. The topological polar surface area (TPSA) is 79.2 Å². The molecule has 6 radical (unpaired) electrons. The molecule has 4 rings (SSSR count). The first kappa shape index (κ1) is 23.7. The summed E-state index contributed by atoms with van der Waals surface area (Å²) >= 11 is 0. The first-order valence-corrected chi connectivity index (χ1v) is 10.2. The number of benzene rings is 1. The molecule has 3 heterocycles. The highest BCUT2D eigenvalue weighted by atomic mass is 19.4. The molecule has 1 atom stereocenters. The van der Waals surface area contributed by atoms with E-state index in [1.165, 1.54) is 29.6 Å². The van der Waals surface area contributed by atoms with Gasteiger partial charge in [-0.3, -0.25) is 4.90 Å². The van der Waals surface area contributed by atoms with Crippen molar-refractivity contribution in [3.63, 3.8) is 0 Å². The van der Waals surface area contributed by atoms with Crippen LogP contribution < -0.4 is 10.2 Å². The Kier molecular flexibility index (Phi) is 6.09. The molecule has 0 aliphatic carbocycles. The Labute approximate surface area is 197 Å². The molecule has 34 heavy (non-hydrogen) atoms. The summed E-state index contributed by atoms with van der Waals surface area (Å²) < 4.78 is 39.9. The van der Waals surface area contributed by atoms with Gasteiger partial charge in [0, 0.05) is 31.2 Å². The second kappa shape index (κ2) is 8.73. The normalized spacial score (nSPS) is 15.6. The molecular formula is C20H17B3F3N7O. The zero-order valence-corrected chi connectivity index (χ0v) is 18.1. The third kappa shape index (κ3) is 4.90. The van der Waals surface area contributed by atoms with Crippen molar-refractivity contribution in [3.05, 3.63) is 60.3 Å². The van der Waals surface area contributed by atoms with Crippen molar-refractivity contribution in [2.24, 2.45) is 0 Å². The fourth-order valence-corrected chi connectivity index (χ4v) is 3.47. The first-order chi connectivity index (χ1) is 15.9. The van der Waals surface area contributed by atoms with Crippen molar-refractivity contribution in [2.75, 3.05) is 23.3 Å². The van der Waals surface area contributed by atoms with Gasteiger partial charge >= 0.3 is 12.2 Å². The van der Waals surface area contributed by atoms with Gasteiger partial charge in [-0.2, -0.15) is 18.2 Å². The van der Waals surface area contributed by atoms with Crippen molar-refractivity contribution in [2.45, 2.75) is 24.4 Å². The van der Waals surface area contributed by atoms with Crippen LogP contribution in [0.25, 0.3) is 5.69 Å². The average molecular weight is 461 g/mol. The number of amides is 2. The summed E-state index contributed by atoms with van der Waals surface area (Å²) in [5.74, 6) is 0.594. The summed E-state index contributed by atoms with van der Waals surface area (Å²) in [6.45, 7) is 2.37. The number of nitrogens with one attached hydrogen (secondary N) is 1. The van der Waals surface area contributed by atoms with Gasteiger partial charge in [0.15, 0.2) is 0 Å². The monoisotopic (exact) mass is 461 g/mol. The second-order valence-corrected chi connectivity index (χ2v) is 7.83. The number of hydrogen-bond acceptors (Lipinski definition) is 5. The molecule has 14 heteroatoms. The van der Waals surface area contributed by atoms with E-state index in [-0.39, 0.29) is 18.5 Å². The van der Waals surface area contributed by atoms with Crippen LogP contribution in [0.1, 0.15) is 24.2 Å². The summed E-state index contributed by atoms with van der Waals surface area (Å²) in [5, 5.41) is 1.32. The van der Waals surface area contributed by atoms with Crippen LogP contribution in [0.4, 0.5) is 29.7 Å². The summed E-state index contributed by atoms with van der Waals surface area (Å²) in [6, 6.07) is 5.52. The lowest BCUT2D eigenvalue weighted by Crippen LogP contribution is -2.52. The van der Waals surface area contributed by atoms with Gasteiger partial charge in [-0.1, -0.05) is 5.24 Å². The Hall–Kier alpha value is -3.44. The van der Waals surface area contributed by atoms with E-state index in [4.69, 9.17) is 23.5 Å². The van der Waals surface area contributed by atoms with Crippen LogP contribution in [0.3, 0.4) is 0 Å². The van der Waals surface area contributed by atoms with Gasteiger partial charge in [0.25, 0.3) is 0 Å². The lowest BCUT2D eigenvalue weighted by atomic mass is 9.48. The number of aromatic nitrogens is 4. The molecule has 1 N–H and O–H groups in total. The average Bonchev–Trinajstić information content (AvgIpc) is 3.40. The van der Waals surface area contributed by atoms with E-state index < -0.39 is 23.0 Å². The van der Waals surface area contributed by atoms with Gasteiger partial charge in [-0.15, -0.1) is 0 Å². The molecule has 2 amide bonds. The summed E-state index contributed by atoms with van der Waals surface area (Å²) in [5.41, 5.74) is 0.417. The summed E-state index contributed by atoms with van der Waals surface area (Å²) in [4.78, 5) is 28.0. The lowest BCUT2D eigenvalue weighted by Gasteiger charge is -2.33. The highest BCUT2D eigenvalue weighted by Crippen LogP contribution is 2.30. The minimum Gasteiger partial charge on any atom is -0.346 e. The molecule has 1 aromatic carbocycles. The SMILES string of the molecule is [B]C([B])([B])N1CCN(c2ccnc(NC(C)c3cn(-c4ccc(C(F)(F)F)cc4)cn3)n2)C1=O. The zero-order chi connectivity index (χ0) is 24.7. The fourth-order valence-electron chi connectivity index (χ4n) is 3.47. The number of urea groups is 1. The molecule has 1 aliphatic heterocycles. The van der Waals surface area contributed by atoms with Gasteiger partial charge < -0.3 is 14.8 Å². The number of nitrogens with zero attached hydrogens (tertiary/aromatic N) is 6. The number of rotatable bonds is 6. The van der Waals surface area contributed by atoms with Crippen molar-refractivity contribution in [3.8, 4) is 5.69 Å². The van der Waals surface area contributed by atoms with Crippen molar-refractivity contribution in [1.82, 2.24) is 24.4 Å². The van der Waals surface area contributed by atoms with Crippen LogP contribution in [0.2, 0.25) is 0 Å². The molecule has 1 aliphatic rings. The standard InChI is InChI=1S/C20H17B3F3N7O/c1-12(15-10-31(11-28-15)14-4-2-13(3-5-14)19(24,25)26)29-17-27-7-6-16(30-17)32-8-9-33(18(32)34)20(21,22)23/h2-7,10-12H,8-9H2,1H3,(H,27,29,30). The zero-order valence-electron chi connectivity index (χ0n) is 18.1. The predicted octanol–water partition coefficient (Wildman–Crippen LogP) is 2.21. The molecule has 1 unspecified atom stereocenters. The predicted molar refractivity (Wildman–Crippen MR) is 122 cm³/mol. The minimum absolute atomic E-state index is 0.243. The van der Waals surface area contributed by atoms with Crippen LogP contribution in [0.15, 0.2) is 49.1 Å². The molecule has 0 bridgehead atoms. The highest BCUT2D eigenvalue weighted by molar-refractivity contribution is 6.59. The molecular weight excluding hydrogens is 444 g/mol. The van der Waals surface area contributed by atoms with E-state index in [9.17, 15) is 18.0 Å². The Morgan fingerprint density at radius 3 is 2.38 bits per heavy atom. The third-order valence-corrected chi connectivity index (χ3v) is 5.28. The number of imidazole rings is 1. The summed E-state index contributed by atoms with van der Waals surface area (Å²) in [6.07, 6.45) is 0.291. The van der Waals surface area contributed by atoms with Crippen LogP contribution >= 0.6 is 0 Å². The van der Waals surface area contributed by atoms with Crippen molar-refractivity contribution in [1.29, 1.82) is 0 Å². The van der Waals surface area contributed by atoms with Crippen molar-refractivity contribution >= 4 is 41.3 Å². The molecule has 8 nitrogen and oxygen atoms in total. The van der Waals surface area contributed by atoms with E-state index >= 15 is 0 Å². The van der Waals surface area contributed by atoms with E-state index in [0.29, 0.717) is 23.7 Å². The van der Waals surface area contributed by atoms with E-state index in [2.05, 4.69) is 20.3 Å².